The summed E-state index contributed by atoms with van der Waals surface area (Å²) in [5.74, 6) is 1.44. The van der Waals surface area contributed by atoms with E-state index in [4.69, 9.17) is 4.74 Å². The molecule has 3 aromatic rings. The molecule has 0 radical (unpaired) electrons. The summed E-state index contributed by atoms with van der Waals surface area (Å²) in [4.78, 5) is 22.9. The topological polar surface area (TPSA) is 67.3 Å². The number of nitrogens with one attached hydrogen (secondary N) is 1. The first-order chi connectivity index (χ1) is 14.9. The molecule has 1 amide bonds. The number of pyridine rings is 2. The van der Waals surface area contributed by atoms with Crippen LogP contribution in [0.25, 0.3) is 10.9 Å². The highest BCUT2D eigenvalue weighted by Crippen LogP contribution is 2.31. The van der Waals surface area contributed by atoms with E-state index in [1.54, 1.807) is 30.3 Å². The van der Waals surface area contributed by atoms with Crippen molar-refractivity contribution in [3.05, 3.63) is 59.9 Å². The van der Waals surface area contributed by atoms with Crippen molar-refractivity contribution in [2.45, 2.75) is 6.18 Å². The van der Waals surface area contributed by atoms with Crippen molar-refractivity contribution < 1.29 is 22.7 Å². The van der Waals surface area contributed by atoms with Gasteiger partial charge in [-0.15, -0.1) is 0 Å². The van der Waals surface area contributed by atoms with E-state index in [1.807, 2.05) is 4.90 Å². The summed E-state index contributed by atoms with van der Waals surface area (Å²) in [6.07, 6.45) is -3.71. The van der Waals surface area contributed by atoms with E-state index >= 15 is 0 Å². The zero-order valence-electron chi connectivity index (χ0n) is 16.4. The van der Waals surface area contributed by atoms with Crippen LogP contribution in [0.5, 0.6) is 11.6 Å². The quantitative estimate of drug-likeness (QED) is 0.689. The Morgan fingerprint density at radius 1 is 1.06 bits per heavy atom. The molecule has 2 atom stereocenters. The molecule has 2 saturated heterocycles. The summed E-state index contributed by atoms with van der Waals surface area (Å²) in [7, 11) is 0. The van der Waals surface area contributed by atoms with Gasteiger partial charge in [0, 0.05) is 43.8 Å². The first kappa shape index (κ1) is 19.7. The molecule has 9 heteroatoms. The van der Waals surface area contributed by atoms with Gasteiger partial charge in [0.25, 0.3) is 5.91 Å². The zero-order chi connectivity index (χ0) is 21.6. The second-order valence-electron chi connectivity index (χ2n) is 7.92. The minimum atomic E-state index is -4.44. The number of hydrogen-bond acceptors (Lipinski definition) is 5. The first-order valence-electron chi connectivity index (χ1n) is 9.99. The van der Waals surface area contributed by atoms with Crippen LogP contribution in [0.1, 0.15) is 16.1 Å². The number of hydrogen-bond donors (Lipinski definition) is 1. The van der Waals surface area contributed by atoms with Crippen molar-refractivity contribution in [1.29, 1.82) is 0 Å². The van der Waals surface area contributed by atoms with Crippen molar-refractivity contribution in [3.63, 3.8) is 0 Å². The third-order valence-electron chi connectivity index (χ3n) is 5.84. The van der Waals surface area contributed by atoms with Gasteiger partial charge in [0.15, 0.2) is 0 Å². The molecule has 1 N–H and O–H groups in total. The Balaban J connectivity index is 1.31. The number of fused-ring (bicyclic) bond motifs is 2. The Morgan fingerprint density at radius 3 is 2.52 bits per heavy atom. The van der Waals surface area contributed by atoms with Crippen molar-refractivity contribution in [2.24, 2.45) is 11.8 Å². The Hall–Kier alpha value is -3.20. The van der Waals surface area contributed by atoms with Gasteiger partial charge in [0.2, 0.25) is 5.88 Å². The van der Waals surface area contributed by atoms with Crippen LogP contribution in [-0.4, -0.2) is 47.0 Å². The maximum Gasteiger partial charge on any atom is 0.417 e. The number of carbonyl (C=O) groups is 1. The van der Waals surface area contributed by atoms with Crippen LogP contribution in [0, 0.1) is 11.8 Å². The largest absolute Gasteiger partial charge is 0.439 e. The van der Waals surface area contributed by atoms with Crippen LogP contribution in [0.15, 0.2) is 48.7 Å². The monoisotopic (exact) mass is 428 g/mol. The lowest BCUT2D eigenvalue weighted by Crippen LogP contribution is -2.32. The number of amides is 1. The van der Waals surface area contributed by atoms with Crippen molar-refractivity contribution in [3.8, 4) is 11.6 Å². The van der Waals surface area contributed by atoms with Crippen LogP contribution in [0.4, 0.5) is 13.2 Å². The Bertz CT molecular complexity index is 1120. The van der Waals surface area contributed by atoms with E-state index < -0.39 is 11.7 Å². The third kappa shape index (κ3) is 3.93. The van der Waals surface area contributed by atoms with Crippen LogP contribution in [-0.2, 0) is 6.18 Å². The molecule has 2 fully saturated rings. The van der Waals surface area contributed by atoms with E-state index in [0.29, 0.717) is 28.8 Å². The highest BCUT2D eigenvalue weighted by Gasteiger charge is 2.38. The minimum absolute atomic E-state index is 0.0566. The SMILES string of the molecule is O=C(c1ccc2cc(Oc3ccc(C(F)(F)F)cn3)ccc2n1)N1C[C@H]2CNC[C@H]2C1. The average molecular weight is 428 g/mol. The molecule has 0 saturated carbocycles. The van der Waals surface area contributed by atoms with Gasteiger partial charge in [-0.05, 0) is 42.2 Å². The van der Waals surface area contributed by atoms with Gasteiger partial charge in [-0.3, -0.25) is 4.79 Å². The molecule has 1 aromatic carbocycles. The maximum absolute atomic E-state index is 12.9. The number of carbonyl (C=O) groups excluding carboxylic acids is 1. The van der Waals surface area contributed by atoms with Gasteiger partial charge in [-0.1, -0.05) is 6.07 Å². The number of nitrogens with zero attached hydrogens (tertiary/aromatic N) is 3. The van der Waals surface area contributed by atoms with Crippen LogP contribution >= 0.6 is 0 Å². The van der Waals surface area contributed by atoms with Crippen molar-refractivity contribution in [2.75, 3.05) is 26.2 Å². The molecule has 0 aliphatic carbocycles. The number of aromatic nitrogens is 2. The zero-order valence-corrected chi connectivity index (χ0v) is 16.4. The molecule has 0 spiro atoms. The number of benzene rings is 1. The molecule has 4 heterocycles. The molecule has 2 aliphatic rings. The van der Waals surface area contributed by atoms with Gasteiger partial charge < -0.3 is 15.0 Å². The van der Waals surface area contributed by atoms with Crippen molar-refractivity contribution in [1.82, 2.24) is 20.2 Å². The molecule has 0 bridgehead atoms. The lowest BCUT2D eigenvalue weighted by molar-refractivity contribution is -0.137. The van der Waals surface area contributed by atoms with E-state index in [2.05, 4.69) is 15.3 Å². The smallest absolute Gasteiger partial charge is 0.417 e. The lowest BCUT2D eigenvalue weighted by atomic mass is 10.0. The summed E-state index contributed by atoms with van der Waals surface area (Å²) >= 11 is 0. The molecule has 2 aromatic heterocycles. The summed E-state index contributed by atoms with van der Waals surface area (Å²) in [6, 6.07) is 10.7. The maximum atomic E-state index is 12.9. The molecule has 160 valence electrons. The molecule has 5 rings (SSSR count). The Kier molecular flexibility index (Phi) is 4.77. The number of likely N-dealkylation sites (tertiary alicyclic amines) is 1. The fourth-order valence-corrected chi connectivity index (χ4v) is 4.20. The number of halogens is 3. The van der Waals surface area contributed by atoms with Gasteiger partial charge in [0.1, 0.15) is 11.4 Å². The number of rotatable bonds is 3. The highest BCUT2D eigenvalue weighted by atomic mass is 19.4. The third-order valence-corrected chi connectivity index (χ3v) is 5.84. The predicted octanol–water partition coefficient (Wildman–Crippen LogP) is 3.73. The van der Waals surface area contributed by atoms with Crippen LogP contribution < -0.4 is 10.1 Å². The summed E-state index contributed by atoms with van der Waals surface area (Å²) in [5, 5.41) is 4.11. The van der Waals surface area contributed by atoms with E-state index in [1.165, 1.54) is 6.07 Å². The lowest BCUT2D eigenvalue weighted by Gasteiger charge is -2.17. The average Bonchev–Trinajstić information content (AvgIpc) is 3.35. The predicted molar refractivity (Wildman–Crippen MR) is 107 cm³/mol. The number of ether oxygens (including phenoxy) is 1. The first-order valence-corrected chi connectivity index (χ1v) is 9.99. The van der Waals surface area contributed by atoms with Crippen LogP contribution in [0.2, 0.25) is 0 Å². The summed E-state index contributed by atoms with van der Waals surface area (Å²) in [5.41, 5.74) is 0.204. The fraction of sp³-hybridized carbons (Fsp3) is 0.318. The molecule has 0 unspecified atom stereocenters. The Morgan fingerprint density at radius 2 is 1.84 bits per heavy atom. The van der Waals surface area contributed by atoms with Gasteiger partial charge in [-0.2, -0.15) is 13.2 Å². The summed E-state index contributed by atoms with van der Waals surface area (Å²) < 4.78 is 43.5. The molecule has 31 heavy (non-hydrogen) atoms. The second-order valence-corrected chi connectivity index (χ2v) is 7.92. The van der Waals surface area contributed by atoms with Gasteiger partial charge >= 0.3 is 6.18 Å². The van der Waals surface area contributed by atoms with E-state index in [9.17, 15) is 18.0 Å². The van der Waals surface area contributed by atoms with E-state index in [-0.39, 0.29) is 11.8 Å². The molecule has 6 nitrogen and oxygen atoms in total. The van der Waals surface area contributed by atoms with Crippen molar-refractivity contribution >= 4 is 16.8 Å². The standard InChI is InChI=1S/C22H19F3N4O2/c23-22(24,25)16-2-6-20(27-10-16)31-17-3-5-18-13(7-17)1-4-19(28-18)21(30)29-11-14-8-26-9-15(14)12-29/h1-7,10,14-15,26H,8-9,11-12H2/t14-,15+. The van der Waals surface area contributed by atoms with E-state index in [0.717, 1.165) is 43.8 Å². The summed E-state index contributed by atoms with van der Waals surface area (Å²) in [6.45, 7) is 3.42. The fourth-order valence-electron chi connectivity index (χ4n) is 4.20. The minimum Gasteiger partial charge on any atom is -0.439 e. The second kappa shape index (κ2) is 7.49. The molecule has 2 aliphatic heterocycles. The van der Waals surface area contributed by atoms with Gasteiger partial charge in [0.05, 0.1) is 11.1 Å². The van der Waals surface area contributed by atoms with Gasteiger partial charge in [-0.25, -0.2) is 9.97 Å². The molecular formula is C22H19F3N4O2. The normalized spacial score (nSPS) is 20.8. The Labute approximate surface area is 176 Å². The molecular weight excluding hydrogens is 409 g/mol. The highest BCUT2D eigenvalue weighted by molar-refractivity contribution is 5.95. The number of alkyl halides is 3. The van der Waals surface area contributed by atoms with Crippen LogP contribution in [0.3, 0.4) is 0 Å².